The molecule has 0 aliphatic rings. The molecular weight excluding hydrogens is 272 g/mol. The third kappa shape index (κ3) is 2.83. The topological polar surface area (TPSA) is 56.9 Å². The van der Waals surface area contributed by atoms with Gasteiger partial charge in [-0.15, -0.1) is 0 Å². The van der Waals surface area contributed by atoms with Gasteiger partial charge in [-0.2, -0.15) is 5.26 Å². The fourth-order valence-corrected chi connectivity index (χ4v) is 2.60. The molecule has 0 spiro atoms. The zero-order chi connectivity index (χ0) is 15.4. The van der Waals surface area contributed by atoms with E-state index in [2.05, 4.69) is 12.1 Å². The molecule has 0 saturated heterocycles. The summed E-state index contributed by atoms with van der Waals surface area (Å²) in [5, 5.41) is 19.1. The lowest BCUT2D eigenvalue weighted by Crippen LogP contribution is -1.97. The first-order chi connectivity index (χ1) is 10.8. The van der Waals surface area contributed by atoms with Crippen molar-refractivity contribution in [3.05, 3.63) is 65.7 Å². The number of hydrogen-bond acceptors (Lipinski definition) is 3. The molecule has 22 heavy (non-hydrogen) atoms. The highest BCUT2D eigenvalue weighted by atomic mass is 16.2. The number of benzene rings is 2. The van der Waals surface area contributed by atoms with E-state index < -0.39 is 0 Å². The standard InChI is InChI=1S/C19H16N2O/c20-13-14-8-9-18-17(11-14)12-16(7-4-10-22)19(21-18)15-5-2-1-3-6-15/h1-3,5-6,8-9,11-12,22H,4,7,10H2. The molecule has 108 valence electrons. The molecule has 0 aliphatic heterocycles. The highest BCUT2D eigenvalue weighted by Gasteiger charge is 2.09. The number of rotatable bonds is 4. The highest BCUT2D eigenvalue weighted by Crippen LogP contribution is 2.27. The molecule has 0 unspecified atom stereocenters. The zero-order valence-electron chi connectivity index (χ0n) is 12.2. The van der Waals surface area contributed by atoms with Crippen molar-refractivity contribution in [2.75, 3.05) is 6.61 Å². The molecule has 1 N–H and O–H groups in total. The van der Waals surface area contributed by atoms with Crippen LogP contribution in [-0.4, -0.2) is 16.7 Å². The van der Waals surface area contributed by atoms with E-state index in [1.165, 1.54) is 0 Å². The van der Waals surface area contributed by atoms with Crippen LogP contribution in [-0.2, 0) is 6.42 Å². The van der Waals surface area contributed by atoms with Gasteiger partial charge < -0.3 is 5.11 Å². The average molecular weight is 288 g/mol. The second-order valence-corrected chi connectivity index (χ2v) is 5.21. The van der Waals surface area contributed by atoms with Gasteiger partial charge in [-0.25, -0.2) is 4.98 Å². The van der Waals surface area contributed by atoms with Crippen molar-refractivity contribution < 1.29 is 5.11 Å². The molecular formula is C19H16N2O. The number of pyridine rings is 1. The molecule has 0 bridgehead atoms. The highest BCUT2D eigenvalue weighted by molar-refractivity contribution is 5.84. The Balaban J connectivity index is 2.18. The number of nitrogens with zero attached hydrogens (tertiary/aromatic N) is 2. The van der Waals surface area contributed by atoms with E-state index in [9.17, 15) is 0 Å². The molecule has 2 aromatic carbocycles. The predicted octanol–water partition coefficient (Wildman–Crippen LogP) is 3.70. The SMILES string of the molecule is N#Cc1ccc2nc(-c3ccccc3)c(CCCO)cc2c1. The maximum Gasteiger partial charge on any atom is 0.0991 e. The normalized spacial score (nSPS) is 10.5. The van der Waals surface area contributed by atoms with E-state index >= 15 is 0 Å². The summed E-state index contributed by atoms with van der Waals surface area (Å²) < 4.78 is 0. The Hall–Kier alpha value is -2.70. The minimum atomic E-state index is 0.157. The maximum absolute atomic E-state index is 9.12. The van der Waals surface area contributed by atoms with Crippen LogP contribution in [0.5, 0.6) is 0 Å². The van der Waals surface area contributed by atoms with Crippen molar-refractivity contribution in [2.24, 2.45) is 0 Å². The second kappa shape index (κ2) is 6.38. The van der Waals surface area contributed by atoms with Gasteiger partial charge in [-0.3, -0.25) is 0 Å². The summed E-state index contributed by atoms with van der Waals surface area (Å²) in [5.74, 6) is 0. The Kier molecular flexibility index (Phi) is 4.13. The second-order valence-electron chi connectivity index (χ2n) is 5.21. The van der Waals surface area contributed by atoms with Gasteiger partial charge in [0.2, 0.25) is 0 Å². The van der Waals surface area contributed by atoms with Crippen molar-refractivity contribution in [2.45, 2.75) is 12.8 Å². The van der Waals surface area contributed by atoms with Crippen molar-refractivity contribution in [1.82, 2.24) is 4.98 Å². The van der Waals surface area contributed by atoms with Gasteiger partial charge in [-0.1, -0.05) is 30.3 Å². The van der Waals surface area contributed by atoms with Crippen molar-refractivity contribution in [1.29, 1.82) is 5.26 Å². The van der Waals surface area contributed by atoms with E-state index in [-0.39, 0.29) is 6.61 Å². The molecule has 0 aliphatic carbocycles. The number of fused-ring (bicyclic) bond motifs is 1. The largest absolute Gasteiger partial charge is 0.396 e. The van der Waals surface area contributed by atoms with Gasteiger partial charge in [0.15, 0.2) is 0 Å². The number of aryl methyl sites for hydroxylation is 1. The van der Waals surface area contributed by atoms with Crippen LogP contribution in [0.1, 0.15) is 17.5 Å². The molecule has 3 heteroatoms. The van der Waals surface area contributed by atoms with E-state index in [4.69, 9.17) is 15.4 Å². The van der Waals surface area contributed by atoms with Gasteiger partial charge in [0.25, 0.3) is 0 Å². The monoisotopic (exact) mass is 288 g/mol. The summed E-state index contributed by atoms with van der Waals surface area (Å²) in [6, 6.07) is 19.8. The Morgan fingerprint density at radius 2 is 1.86 bits per heavy atom. The third-order valence-corrected chi connectivity index (χ3v) is 3.67. The number of nitriles is 1. The fourth-order valence-electron chi connectivity index (χ4n) is 2.60. The zero-order valence-corrected chi connectivity index (χ0v) is 12.2. The van der Waals surface area contributed by atoms with Crippen LogP contribution in [0.3, 0.4) is 0 Å². The van der Waals surface area contributed by atoms with Gasteiger partial charge in [0, 0.05) is 17.6 Å². The molecule has 0 amide bonds. The first-order valence-electron chi connectivity index (χ1n) is 7.32. The van der Waals surface area contributed by atoms with Crippen molar-refractivity contribution >= 4 is 10.9 Å². The van der Waals surface area contributed by atoms with Gasteiger partial charge in [-0.05, 0) is 42.7 Å². The van der Waals surface area contributed by atoms with Crippen molar-refractivity contribution in [3.8, 4) is 17.3 Å². The van der Waals surface area contributed by atoms with Gasteiger partial charge in [0.05, 0.1) is 22.8 Å². The van der Waals surface area contributed by atoms with Crippen LogP contribution in [0.15, 0.2) is 54.6 Å². The van der Waals surface area contributed by atoms with Gasteiger partial charge in [0.1, 0.15) is 0 Å². The lowest BCUT2D eigenvalue weighted by Gasteiger charge is -2.11. The molecule has 0 radical (unpaired) electrons. The summed E-state index contributed by atoms with van der Waals surface area (Å²) in [4.78, 5) is 4.78. The Bertz CT molecular complexity index is 835. The summed E-state index contributed by atoms with van der Waals surface area (Å²) in [6.07, 6.45) is 1.46. The average Bonchev–Trinajstić information content (AvgIpc) is 2.59. The van der Waals surface area contributed by atoms with Gasteiger partial charge >= 0.3 is 0 Å². The van der Waals surface area contributed by atoms with Crippen LogP contribution in [0.2, 0.25) is 0 Å². The van der Waals surface area contributed by atoms with Crippen molar-refractivity contribution in [3.63, 3.8) is 0 Å². The van der Waals surface area contributed by atoms with E-state index in [0.717, 1.165) is 34.1 Å². The molecule has 3 aromatic rings. The number of aromatic nitrogens is 1. The quantitative estimate of drug-likeness (QED) is 0.796. The summed E-state index contributed by atoms with van der Waals surface area (Å²) in [6.45, 7) is 0.157. The molecule has 1 heterocycles. The maximum atomic E-state index is 9.12. The number of aliphatic hydroxyl groups is 1. The van der Waals surface area contributed by atoms with Crippen LogP contribution >= 0.6 is 0 Å². The lowest BCUT2D eigenvalue weighted by molar-refractivity contribution is 0.288. The smallest absolute Gasteiger partial charge is 0.0991 e. The van der Waals surface area contributed by atoms with E-state index in [0.29, 0.717) is 12.0 Å². The Morgan fingerprint density at radius 3 is 2.59 bits per heavy atom. The fraction of sp³-hybridized carbons (Fsp3) is 0.158. The molecule has 0 saturated carbocycles. The minimum Gasteiger partial charge on any atom is -0.396 e. The Morgan fingerprint density at radius 1 is 1.05 bits per heavy atom. The number of hydrogen-bond donors (Lipinski definition) is 1. The predicted molar refractivity (Wildman–Crippen MR) is 87.3 cm³/mol. The first-order valence-corrected chi connectivity index (χ1v) is 7.32. The Labute approximate surface area is 129 Å². The lowest BCUT2D eigenvalue weighted by atomic mass is 9.99. The van der Waals surface area contributed by atoms with Crippen LogP contribution < -0.4 is 0 Å². The molecule has 3 rings (SSSR count). The van der Waals surface area contributed by atoms with E-state index in [1.807, 2.05) is 42.5 Å². The van der Waals surface area contributed by atoms with Crippen LogP contribution in [0.4, 0.5) is 0 Å². The minimum absolute atomic E-state index is 0.157. The number of aliphatic hydroxyl groups excluding tert-OH is 1. The molecule has 1 aromatic heterocycles. The molecule has 0 atom stereocenters. The van der Waals surface area contributed by atoms with Crippen LogP contribution in [0.25, 0.3) is 22.2 Å². The summed E-state index contributed by atoms with van der Waals surface area (Å²) >= 11 is 0. The molecule has 3 nitrogen and oxygen atoms in total. The molecule has 0 fully saturated rings. The summed E-state index contributed by atoms with van der Waals surface area (Å²) in [7, 11) is 0. The van der Waals surface area contributed by atoms with E-state index in [1.54, 1.807) is 6.07 Å². The van der Waals surface area contributed by atoms with Crippen LogP contribution in [0, 0.1) is 11.3 Å². The first kappa shape index (κ1) is 14.2. The summed E-state index contributed by atoms with van der Waals surface area (Å²) in [5.41, 5.74) is 4.64. The third-order valence-electron chi connectivity index (χ3n) is 3.67.